The van der Waals surface area contributed by atoms with Crippen LogP contribution in [0.1, 0.15) is 28.4 Å². The van der Waals surface area contributed by atoms with E-state index in [-0.39, 0.29) is 18.1 Å². The number of carbonyl (C=O) groups is 1. The largest absolute Gasteiger partial charge is 0.392 e. The van der Waals surface area contributed by atoms with Crippen molar-refractivity contribution < 1.29 is 9.90 Å². The Balaban J connectivity index is 1.50. The van der Waals surface area contributed by atoms with Crippen LogP contribution in [-0.2, 0) is 0 Å². The lowest BCUT2D eigenvalue weighted by molar-refractivity contribution is 0.102. The number of hydrogen-bond acceptors (Lipinski definition) is 4. The minimum Gasteiger partial charge on any atom is -0.392 e. The van der Waals surface area contributed by atoms with Crippen molar-refractivity contribution in [2.45, 2.75) is 18.6 Å². The number of para-hydroxylation sites is 1. The smallest absolute Gasteiger partial charge is 0.255 e. The second-order valence-corrected chi connectivity index (χ2v) is 8.11. The SMILES string of the molecule is CN(c1ccc(C(=O)Nc2ccccc2)cc1)[C@H](CN1CC[C@H](O)C1)c1ccccc1. The Bertz CT molecular complexity index is 977. The first-order chi connectivity index (χ1) is 15.1. The van der Waals surface area contributed by atoms with Crippen molar-refractivity contribution in [2.75, 3.05) is 36.9 Å². The van der Waals surface area contributed by atoms with Crippen molar-refractivity contribution in [1.29, 1.82) is 0 Å². The van der Waals surface area contributed by atoms with Crippen LogP contribution in [0.4, 0.5) is 11.4 Å². The second-order valence-electron chi connectivity index (χ2n) is 8.11. The van der Waals surface area contributed by atoms with E-state index < -0.39 is 0 Å². The summed E-state index contributed by atoms with van der Waals surface area (Å²) in [5.41, 5.74) is 3.69. The Morgan fingerprint density at radius 2 is 1.68 bits per heavy atom. The third kappa shape index (κ3) is 5.32. The van der Waals surface area contributed by atoms with Crippen molar-refractivity contribution in [3.05, 3.63) is 96.1 Å². The first kappa shape index (κ1) is 21.1. The van der Waals surface area contributed by atoms with Crippen LogP contribution < -0.4 is 10.2 Å². The lowest BCUT2D eigenvalue weighted by Gasteiger charge is -2.33. The van der Waals surface area contributed by atoms with Gasteiger partial charge in [-0.3, -0.25) is 9.69 Å². The molecule has 0 radical (unpaired) electrons. The molecule has 1 saturated heterocycles. The molecule has 1 fully saturated rings. The summed E-state index contributed by atoms with van der Waals surface area (Å²) in [4.78, 5) is 17.1. The number of carbonyl (C=O) groups excluding carboxylic acids is 1. The van der Waals surface area contributed by atoms with Crippen molar-refractivity contribution in [3.63, 3.8) is 0 Å². The molecule has 1 aliphatic rings. The van der Waals surface area contributed by atoms with Gasteiger partial charge in [-0.15, -0.1) is 0 Å². The summed E-state index contributed by atoms with van der Waals surface area (Å²) in [7, 11) is 2.09. The summed E-state index contributed by atoms with van der Waals surface area (Å²) in [5.74, 6) is -0.119. The molecule has 31 heavy (non-hydrogen) atoms. The minimum absolute atomic E-state index is 0.119. The Morgan fingerprint density at radius 1 is 1.03 bits per heavy atom. The van der Waals surface area contributed by atoms with Crippen molar-refractivity contribution in [1.82, 2.24) is 4.90 Å². The van der Waals surface area contributed by atoms with Crippen LogP contribution in [0.2, 0.25) is 0 Å². The fourth-order valence-electron chi connectivity index (χ4n) is 4.10. The molecule has 2 atom stereocenters. The molecule has 5 heteroatoms. The number of amides is 1. The van der Waals surface area contributed by atoms with Gasteiger partial charge in [0.25, 0.3) is 5.91 Å². The van der Waals surface area contributed by atoms with Crippen molar-refractivity contribution >= 4 is 17.3 Å². The number of hydrogen-bond donors (Lipinski definition) is 2. The summed E-state index contributed by atoms with van der Waals surface area (Å²) in [6.07, 6.45) is 0.598. The molecule has 0 bridgehead atoms. The van der Waals surface area contributed by atoms with Crippen LogP contribution in [0.15, 0.2) is 84.9 Å². The van der Waals surface area contributed by atoms with Crippen LogP contribution in [0, 0.1) is 0 Å². The van der Waals surface area contributed by atoms with E-state index in [1.165, 1.54) is 5.56 Å². The normalized spacial score (nSPS) is 17.3. The molecule has 3 aromatic rings. The molecule has 2 N–H and O–H groups in total. The van der Waals surface area contributed by atoms with Crippen LogP contribution in [0.5, 0.6) is 0 Å². The zero-order valence-electron chi connectivity index (χ0n) is 17.8. The first-order valence-corrected chi connectivity index (χ1v) is 10.7. The summed E-state index contributed by atoms with van der Waals surface area (Å²) in [6.45, 7) is 2.47. The summed E-state index contributed by atoms with van der Waals surface area (Å²) in [6, 6.07) is 27.8. The quantitative estimate of drug-likeness (QED) is 0.608. The Hall–Kier alpha value is -3.15. The van der Waals surface area contributed by atoms with E-state index >= 15 is 0 Å². The molecular weight excluding hydrogens is 386 g/mol. The van der Waals surface area contributed by atoms with Gasteiger partial charge in [0.1, 0.15) is 0 Å². The van der Waals surface area contributed by atoms with E-state index in [1.807, 2.05) is 60.7 Å². The zero-order chi connectivity index (χ0) is 21.6. The van der Waals surface area contributed by atoms with Gasteiger partial charge in [-0.05, 0) is 48.4 Å². The van der Waals surface area contributed by atoms with Gasteiger partial charge >= 0.3 is 0 Å². The number of anilines is 2. The van der Waals surface area contributed by atoms with Crippen LogP contribution in [0.3, 0.4) is 0 Å². The predicted octanol–water partition coefficient (Wildman–Crippen LogP) is 4.18. The van der Waals surface area contributed by atoms with Crippen LogP contribution in [-0.4, -0.2) is 48.7 Å². The molecular formula is C26H29N3O2. The number of β-amino-alcohol motifs (C(OH)–C–C–N with tert-alkyl or cyclic N) is 1. The molecule has 0 saturated carbocycles. The number of aliphatic hydroxyl groups is 1. The molecule has 3 aromatic carbocycles. The number of likely N-dealkylation sites (N-methyl/N-ethyl adjacent to an activating group) is 1. The Morgan fingerprint density at radius 3 is 2.29 bits per heavy atom. The lowest BCUT2D eigenvalue weighted by Crippen LogP contribution is -2.36. The first-order valence-electron chi connectivity index (χ1n) is 10.7. The summed E-state index contributed by atoms with van der Waals surface area (Å²) >= 11 is 0. The summed E-state index contributed by atoms with van der Waals surface area (Å²) < 4.78 is 0. The van der Waals surface area contributed by atoms with Crippen LogP contribution >= 0.6 is 0 Å². The fraction of sp³-hybridized carbons (Fsp3) is 0.269. The van der Waals surface area contributed by atoms with Gasteiger partial charge in [0.15, 0.2) is 0 Å². The lowest BCUT2D eigenvalue weighted by atomic mass is 10.0. The molecule has 0 aliphatic carbocycles. The second kappa shape index (κ2) is 9.77. The number of aliphatic hydroxyl groups excluding tert-OH is 1. The number of benzene rings is 3. The van der Waals surface area contributed by atoms with E-state index in [0.717, 1.165) is 37.4 Å². The van der Waals surface area contributed by atoms with E-state index in [0.29, 0.717) is 5.56 Å². The standard InChI is InChI=1S/C26H29N3O2/c1-28(25(20-8-4-2-5-9-20)19-29-17-16-24(30)18-29)23-14-12-21(13-15-23)26(31)27-22-10-6-3-7-11-22/h2-15,24-25,30H,16-19H2,1H3,(H,27,31)/t24-,25+/m0/s1. The maximum absolute atomic E-state index is 12.6. The Labute approximate surface area is 183 Å². The molecule has 0 spiro atoms. The minimum atomic E-state index is -0.232. The topological polar surface area (TPSA) is 55.8 Å². The highest BCUT2D eigenvalue weighted by Crippen LogP contribution is 2.28. The molecule has 4 rings (SSSR count). The fourth-order valence-corrected chi connectivity index (χ4v) is 4.10. The molecule has 1 amide bonds. The van der Waals surface area contributed by atoms with Gasteiger partial charge in [-0.2, -0.15) is 0 Å². The third-order valence-electron chi connectivity index (χ3n) is 5.90. The summed E-state index contributed by atoms with van der Waals surface area (Å²) in [5, 5.41) is 12.9. The molecule has 0 aromatic heterocycles. The molecule has 1 heterocycles. The molecule has 0 unspecified atom stereocenters. The molecule has 160 valence electrons. The number of nitrogens with zero attached hydrogens (tertiary/aromatic N) is 2. The molecule has 5 nitrogen and oxygen atoms in total. The zero-order valence-corrected chi connectivity index (χ0v) is 17.8. The van der Waals surface area contributed by atoms with Crippen molar-refractivity contribution in [3.8, 4) is 0 Å². The van der Waals surface area contributed by atoms with Crippen LogP contribution in [0.25, 0.3) is 0 Å². The average molecular weight is 416 g/mol. The molecule has 1 aliphatic heterocycles. The van der Waals surface area contributed by atoms with Gasteiger partial charge in [0, 0.05) is 43.6 Å². The van der Waals surface area contributed by atoms with Gasteiger partial charge < -0.3 is 15.3 Å². The average Bonchev–Trinajstić information content (AvgIpc) is 3.23. The highest BCUT2D eigenvalue weighted by atomic mass is 16.3. The van der Waals surface area contributed by atoms with E-state index in [9.17, 15) is 9.90 Å². The third-order valence-corrected chi connectivity index (χ3v) is 5.90. The van der Waals surface area contributed by atoms with E-state index in [1.54, 1.807) is 0 Å². The van der Waals surface area contributed by atoms with E-state index in [4.69, 9.17) is 0 Å². The van der Waals surface area contributed by atoms with Gasteiger partial charge in [0.2, 0.25) is 0 Å². The maximum Gasteiger partial charge on any atom is 0.255 e. The highest BCUT2D eigenvalue weighted by molar-refractivity contribution is 6.04. The Kier molecular flexibility index (Phi) is 6.65. The van der Waals surface area contributed by atoms with Gasteiger partial charge in [-0.1, -0.05) is 48.5 Å². The van der Waals surface area contributed by atoms with Gasteiger partial charge in [-0.25, -0.2) is 0 Å². The number of likely N-dealkylation sites (tertiary alicyclic amines) is 1. The highest BCUT2D eigenvalue weighted by Gasteiger charge is 2.26. The van der Waals surface area contributed by atoms with E-state index in [2.05, 4.69) is 46.4 Å². The number of rotatable bonds is 7. The van der Waals surface area contributed by atoms with Gasteiger partial charge in [0.05, 0.1) is 12.1 Å². The number of nitrogens with one attached hydrogen (secondary N) is 1. The predicted molar refractivity (Wildman–Crippen MR) is 125 cm³/mol. The maximum atomic E-state index is 12.6. The van der Waals surface area contributed by atoms with Crippen molar-refractivity contribution in [2.24, 2.45) is 0 Å². The monoisotopic (exact) mass is 415 g/mol.